The van der Waals surface area contributed by atoms with Crippen molar-refractivity contribution in [1.29, 1.82) is 0 Å². The van der Waals surface area contributed by atoms with Crippen LogP contribution in [0.4, 0.5) is 0 Å². The molecule has 0 saturated carbocycles. The number of amides is 1. The minimum atomic E-state index is -0.208. The van der Waals surface area contributed by atoms with Crippen molar-refractivity contribution < 1.29 is 14.3 Å². The lowest BCUT2D eigenvalue weighted by molar-refractivity contribution is -0.120. The number of rotatable bonds is 6. The van der Waals surface area contributed by atoms with Crippen molar-refractivity contribution in [2.75, 3.05) is 14.2 Å². The Balaban J connectivity index is 1.99. The first-order chi connectivity index (χ1) is 11.5. The van der Waals surface area contributed by atoms with Gasteiger partial charge in [0.05, 0.1) is 31.9 Å². The number of carbonyl (C=O) groups is 1. The Labute approximate surface area is 153 Å². The highest BCUT2D eigenvalue weighted by Gasteiger charge is 2.10. The summed E-state index contributed by atoms with van der Waals surface area (Å²) in [6.07, 6.45) is 1.74. The molecule has 5 nitrogen and oxygen atoms in total. The summed E-state index contributed by atoms with van der Waals surface area (Å²) >= 11 is 9.47. The Hall–Kier alpha value is -2.05. The Kier molecular flexibility index (Phi) is 6.63. The molecule has 0 heterocycles. The second-order valence-corrected chi connectivity index (χ2v) is 6.16. The Morgan fingerprint density at radius 3 is 2.58 bits per heavy atom. The molecule has 0 aliphatic carbocycles. The van der Waals surface area contributed by atoms with E-state index in [4.69, 9.17) is 21.1 Å². The van der Waals surface area contributed by atoms with E-state index in [0.717, 1.165) is 10.0 Å². The van der Waals surface area contributed by atoms with Crippen LogP contribution < -0.4 is 14.9 Å². The summed E-state index contributed by atoms with van der Waals surface area (Å²) in [5.41, 5.74) is 4.07. The third-order valence-corrected chi connectivity index (χ3v) is 3.95. The standard InChI is InChI=1S/C17H16BrClN2O3/c1-23-15-8-12(7-14(19)17(15)24-2)10-20-21-16(22)9-11-3-5-13(18)6-4-11/h3-8,10H,9H2,1-2H3,(H,21,22)/b20-10-. The molecular formula is C17H16BrClN2O3. The fourth-order valence-electron chi connectivity index (χ4n) is 2.02. The summed E-state index contributed by atoms with van der Waals surface area (Å²) in [5, 5.41) is 4.34. The van der Waals surface area contributed by atoms with Crippen LogP contribution in [0.5, 0.6) is 11.5 Å². The minimum absolute atomic E-state index is 0.208. The van der Waals surface area contributed by atoms with Crippen LogP contribution in [0.15, 0.2) is 46.0 Å². The van der Waals surface area contributed by atoms with E-state index in [1.807, 2.05) is 24.3 Å². The van der Waals surface area contributed by atoms with Crippen LogP contribution >= 0.6 is 27.5 Å². The maximum Gasteiger partial charge on any atom is 0.244 e. The van der Waals surface area contributed by atoms with E-state index < -0.39 is 0 Å². The molecule has 24 heavy (non-hydrogen) atoms. The summed E-state index contributed by atoms with van der Waals surface area (Å²) in [5.74, 6) is 0.739. The van der Waals surface area contributed by atoms with Gasteiger partial charge >= 0.3 is 0 Å². The molecule has 0 radical (unpaired) electrons. The van der Waals surface area contributed by atoms with E-state index in [1.165, 1.54) is 20.4 Å². The number of ether oxygens (including phenoxy) is 2. The highest BCUT2D eigenvalue weighted by Crippen LogP contribution is 2.35. The number of hydrogen-bond acceptors (Lipinski definition) is 4. The van der Waals surface area contributed by atoms with Gasteiger partial charge in [0.15, 0.2) is 11.5 Å². The quantitative estimate of drug-likeness (QED) is 0.581. The van der Waals surface area contributed by atoms with Crippen LogP contribution in [0.2, 0.25) is 5.02 Å². The number of halogens is 2. The lowest BCUT2D eigenvalue weighted by Crippen LogP contribution is -2.19. The zero-order valence-corrected chi connectivity index (χ0v) is 15.5. The molecule has 0 saturated heterocycles. The third-order valence-electron chi connectivity index (χ3n) is 3.14. The first kappa shape index (κ1) is 18.3. The lowest BCUT2D eigenvalue weighted by Gasteiger charge is -2.09. The number of benzene rings is 2. The number of hydrazone groups is 1. The molecule has 7 heteroatoms. The zero-order valence-electron chi connectivity index (χ0n) is 13.2. The molecule has 2 aromatic rings. The summed E-state index contributed by atoms with van der Waals surface area (Å²) < 4.78 is 11.3. The first-order valence-corrected chi connectivity index (χ1v) is 8.18. The van der Waals surface area contributed by atoms with Gasteiger partial charge in [0.1, 0.15) is 0 Å². The molecule has 1 amide bonds. The molecule has 0 atom stereocenters. The third kappa shape index (κ3) is 4.97. The van der Waals surface area contributed by atoms with Crippen LogP contribution in [0, 0.1) is 0 Å². The van der Waals surface area contributed by atoms with Crippen molar-refractivity contribution in [3.63, 3.8) is 0 Å². The molecule has 2 rings (SSSR count). The summed E-state index contributed by atoms with van der Waals surface area (Å²) in [7, 11) is 3.04. The van der Waals surface area contributed by atoms with Crippen molar-refractivity contribution in [2.24, 2.45) is 5.10 Å². The largest absolute Gasteiger partial charge is 0.493 e. The second-order valence-electron chi connectivity index (χ2n) is 4.83. The normalized spacial score (nSPS) is 10.7. The predicted molar refractivity (Wildman–Crippen MR) is 98.1 cm³/mol. The molecule has 126 valence electrons. The topological polar surface area (TPSA) is 59.9 Å². The summed E-state index contributed by atoms with van der Waals surface area (Å²) in [4.78, 5) is 11.9. The van der Waals surface area contributed by atoms with E-state index in [0.29, 0.717) is 22.1 Å². The average molecular weight is 412 g/mol. The molecule has 2 aromatic carbocycles. The van der Waals surface area contributed by atoms with Gasteiger partial charge in [-0.1, -0.05) is 39.7 Å². The predicted octanol–water partition coefficient (Wildman–Crippen LogP) is 3.81. The molecule has 0 bridgehead atoms. The molecular weight excluding hydrogens is 396 g/mol. The van der Waals surface area contributed by atoms with Crippen molar-refractivity contribution >= 4 is 39.7 Å². The van der Waals surface area contributed by atoms with Gasteiger partial charge in [-0.15, -0.1) is 0 Å². The van der Waals surface area contributed by atoms with Gasteiger partial charge in [-0.3, -0.25) is 4.79 Å². The van der Waals surface area contributed by atoms with Gasteiger partial charge in [-0.25, -0.2) is 5.43 Å². The van der Waals surface area contributed by atoms with Gasteiger partial charge in [0, 0.05) is 4.47 Å². The van der Waals surface area contributed by atoms with E-state index in [-0.39, 0.29) is 12.3 Å². The maximum atomic E-state index is 11.9. The first-order valence-electron chi connectivity index (χ1n) is 7.01. The fourth-order valence-corrected chi connectivity index (χ4v) is 2.58. The van der Waals surface area contributed by atoms with Gasteiger partial charge in [0.25, 0.3) is 0 Å². The van der Waals surface area contributed by atoms with E-state index in [2.05, 4.69) is 26.5 Å². The molecule has 0 fully saturated rings. The van der Waals surface area contributed by atoms with Crippen molar-refractivity contribution in [1.82, 2.24) is 5.43 Å². The Morgan fingerprint density at radius 1 is 1.25 bits per heavy atom. The molecule has 0 aliphatic rings. The molecule has 0 aliphatic heterocycles. The van der Waals surface area contributed by atoms with Crippen LogP contribution in [0.3, 0.4) is 0 Å². The van der Waals surface area contributed by atoms with Gasteiger partial charge in [-0.2, -0.15) is 5.10 Å². The van der Waals surface area contributed by atoms with Crippen LogP contribution in [-0.2, 0) is 11.2 Å². The zero-order chi connectivity index (χ0) is 17.5. The van der Waals surface area contributed by atoms with Gasteiger partial charge in [-0.05, 0) is 35.4 Å². The van der Waals surface area contributed by atoms with E-state index >= 15 is 0 Å². The van der Waals surface area contributed by atoms with Crippen LogP contribution in [-0.4, -0.2) is 26.3 Å². The fraction of sp³-hybridized carbons (Fsp3) is 0.176. The smallest absolute Gasteiger partial charge is 0.244 e. The molecule has 0 unspecified atom stereocenters. The van der Waals surface area contributed by atoms with Crippen molar-refractivity contribution in [3.05, 3.63) is 57.0 Å². The number of carbonyl (C=O) groups excluding carboxylic acids is 1. The number of methoxy groups -OCH3 is 2. The number of nitrogens with one attached hydrogen (secondary N) is 1. The number of nitrogens with zero attached hydrogens (tertiary/aromatic N) is 1. The number of hydrogen-bond donors (Lipinski definition) is 1. The molecule has 0 spiro atoms. The molecule has 0 aromatic heterocycles. The Morgan fingerprint density at radius 2 is 1.96 bits per heavy atom. The average Bonchev–Trinajstić information content (AvgIpc) is 2.56. The molecule has 1 N–H and O–H groups in total. The van der Waals surface area contributed by atoms with Crippen molar-refractivity contribution in [2.45, 2.75) is 6.42 Å². The summed E-state index contributed by atoms with van der Waals surface area (Å²) in [6, 6.07) is 10.9. The monoisotopic (exact) mass is 410 g/mol. The maximum absolute atomic E-state index is 11.9. The van der Waals surface area contributed by atoms with Crippen molar-refractivity contribution in [3.8, 4) is 11.5 Å². The SMILES string of the molecule is COc1cc(/C=N\NC(=O)Cc2ccc(Br)cc2)cc(Cl)c1OC. The van der Waals surface area contributed by atoms with Crippen LogP contribution in [0.1, 0.15) is 11.1 Å². The van der Waals surface area contributed by atoms with Gasteiger partial charge in [0.2, 0.25) is 5.91 Å². The van der Waals surface area contributed by atoms with Crippen LogP contribution in [0.25, 0.3) is 0 Å². The highest BCUT2D eigenvalue weighted by molar-refractivity contribution is 9.10. The second kappa shape index (κ2) is 8.70. The minimum Gasteiger partial charge on any atom is -0.493 e. The Bertz CT molecular complexity index is 748. The summed E-state index contributed by atoms with van der Waals surface area (Å²) in [6.45, 7) is 0. The van der Waals surface area contributed by atoms with E-state index in [1.54, 1.807) is 12.1 Å². The van der Waals surface area contributed by atoms with Gasteiger partial charge < -0.3 is 9.47 Å². The highest BCUT2D eigenvalue weighted by atomic mass is 79.9. The van der Waals surface area contributed by atoms with E-state index in [9.17, 15) is 4.79 Å². The lowest BCUT2D eigenvalue weighted by atomic mass is 10.1.